The number of hydrogen-bond acceptors (Lipinski definition) is 0. The Morgan fingerprint density at radius 3 is 1.14 bits per heavy atom. The van der Waals surface area contributed by atoms with Crippen LogP contribution in [-0.4, -0.2) is 19.5 Å². The van der Waals surface area contributed by atoms with E-state index in [1.165, 1.54) is 51.4 Å². The number of hydrogen-bond donors (Lipinski definition) is 0. The minimum Gasteiger partial charge on any atom is -0.131 e. The van der Waals surface area contributed by atoms with Crippen molar-refractivity contribution in [3.05, 3.63) is 0 Å². The monoisotopic (exact) mass is 472 g/mol. The van der Waals surface area contributed by atoms with E-state index >= 15 is 0 Å². The summed E-state index contributed by atoms with van der Waals surface area (Å²) in [4.78, 5) is 0. The van der Waals surface area contributed by atoms with Crippen LogP contribution in [0.25, 0.3) is 0 Å². The van der Waals surface area contributed by atoms with Gasteiger partial charge in [0.05, 0.1) is 7.11 Å². The van der Waals surface area contributed by atoms with Crippen LogP contribution in [0.5, 0.6) is 0 Å². The molecule has 0 aliphatic carbocycles. The molecule has 0 saturated carbocycles. The van der Waals surface area contributed by atoms with E-state index in [0.717, 1.165) is 0 Å². The highest BCUT2D eigenvalue weighted by molar-refractivity contribution is 9.31. The van der Waals surface area contributed by atoms with Gasteiger partial charge in [0.15, 0.2) is 0 Å². The summed E-state index contributed by atoms with van der Waals surface area (Å²) >= 11 is 8.56. The molecule has 0 atom stereocenters. The van der Waals surface area contributed by atoms with Gasteiger partial charge in [0.2, 0.25) is 0 Å². The highest BCUT2D eigenvalue weighted by atomic mass is 79.9. The first-order valence-electron chi connectivity index (χ1n) is 9.00. The van der Waals surface area contributed by atoms with Gasteiger partial charge in [-0.25, -0.2) is 0 Å². The van der Waals surface area contributed by atoms with E-state index in [2.05, 4.69) is 70.6 Å². The molecular weight excluding hydrogens is 436 g/mol. The molecule has 0 aromatic carbocycles. The Hall–Kier alpha value is 1.61. The highest BCUT2D eigenvalue weighted by Gasteiger charge is 2.56. The summed E-state index contributed by atoms with van der Waals surface area (Å²) < 4.78 is 0. The molecule has 0 aliphatic heterocycles. The zero-order valence-electron chi connectivity index (χ0n) is 15.3. The van der Waals surface area contributed by atoms with Gasteiger partial charge in [0.1, 0.15) is 12.4 Å². The van der Waals surface area contributed by atoms with Crippen molar-refractivity contribution in [2.45, 2.75) is 103 Å². The smallest absolute Gasteiger partial charge is 0.115 e. The molecule has 0 fully saturated rings. The average Bonchev–Trinajstić information content (AvgIpc) is 2.34. The van der Waals surface area contributed by atoms with Crippen LogP contribution >= 0.6 is 30.6 Å². The summed E-state index contributed by atoms with van der Waals surface area (Å²) in [7, 11) is -1.19. The molecule has 0 aromatic heterocycles. The maximum atomic E-state index is 4.28. The fourth-order valence-electron chi connectivity index (χ4n) is 3.73. The normalized spacial score (nSPS) is 13.7. The van der Waals surface area contributed by atoms with Crippen molar-refractivity contribution in [3.63, 3.8) is 0 Å². The number of halogens is 2. The second-order valence-electron chi connectivity index (χ2n) is 7.65. The lowest BCUT2D eigenvalue weighted by Gasteiger charge is -2.48. The van der Waals surface area contributed by atoms with Crippen LogP contribution in [0.2, 0.25) is 38.3 Å². The summed E-state index contributed by atoms with van der Waals surface area (Å²) in [6.07, 6.45) is 8.99. The third-order valence-electron chi connectivity index (χ3n) is 5.19. The second kappa shape index (κ2) is 10.5. The molecule has 0 saturated heterocycles. The topological polar surface area (TPSA) is 0 Å². The van der Waals surface area contributed by atoms with Gasteiger partial charge in [-0.05, 0) is 0 Å². The minimum atomic E-state index is -1.23. The second-order valence-corrected chi connectivity index (χ2v) is 47.7. The lowest BCUT2D eigenvalue weighted by Crippen LogP contribution is -2.68. The van der Waals surface area contributed by atoms with Crippen molar-refractivity contribution in [1.82, 2.24) is 0 Å². The predicted molar refractivity (Wildman–Crippen MR) is 116 cm³/mol. The number of rotatable bonds is 12. The van der Waals surface area contributed by atoms with Gasteiger partial charge < -0.3 is 0 Å². The Kier molecular flexibility index (Phi) is 11.3. The Morgan fingerprint density at radius 1 is 0.571 bits per heavy atom. The van der Waals surface area contributed by atoms with E-state index in [1.807, 2.05) is 0 Å². The van der Waals surface area contributed by atoms with Crippen LogP contribution in [0, 0.1) is 0 Å². The molecule has 0 aliphatic rings. The van der Waals surface area contributed by atoms with Crippen LogP contribution in [-0.2, 0) is 0 Å². The highest BCUT2D eigenvalue weighted by Crippen LogP contribution is 2.44. The fraction of sp³-hybridized carbons (Fsp3) is 1.00. The van der Waals surface area contributed by atoms with E-state index in [4.69, 9.17) is 0 Å². The third-order valence-corrected chi connectivity index (χ3v) is 60.3. The molecule has 0 heterocycles. The minimum absolute atomic E-state index is 1.19. The molecule has 21 heavy (non-hydrogen) atoms. The molecule has 0 rings (SSSR count). The lowest BCUT2D eigenvalue weighted by atomic mass is 10.2. The van der Waals surface area contributed by atoms with Crippen molar-refractivity contribution in [2.24, 2.45) is 0 Å². The van der Waals surface area contributed by atoms with E-state index in [1.54, 1.807) is 12.1 Å². The van der Waals surface area contributed by atoms with Crippen LogP contribution in [0.15, 0.2) is 0 Å². The molecule has 0 N–H and O–H groups in total. The first-order chi connectivity index (χ1) is 9.62. The molecule has 0 amide bonds. The van der Waals surface area contributed by atoms with Gasteiger partial charge >= 0.3 is 0 Å². The largest absolute Gasteiger partial charge is 0.131 e. The van der Waals surface area contributed by atoms with Crippen molar-refractivity contribution in [2.75, 3.05) is 0 Å². The maximum Gasteiger partial charge on any atom is 0.115 e. The standard InChI is InChI=1S/C16H38Br2Si3/c1-7-9-11-13-15-21(19(3,4)17,20(5,6)18)16-14-12-10-8-2/h7-16H2,1-6H3. The first kappa shape index (κ1) is 22.6. The Bertz CT molecular complexity index is 242. The van der Waals surface area contributed by atoms with Gasteiger partial charge in [0.25, 0.3) is 0 Å². The molecular formula is C16H38Br2Si3. The molecule has 0 unspecified atom stereocenters. The Labute approximate surface area is 153 Å². The van der Waals surface area contributed by atoms with Crippen molar-refractivity contribution in [3.8, 4) is 0 Å². The van der Waals surface area contributed by atoms with E-state index in [-0.39, 0.29) is 0 Å². The zero-order chi connectivity index (χ0) is 16.6. The molecule has 0 bridgehead atoms. The summed E-state index contributed by atoms with van der Waals surface area (Å²) in [5.74, 6) is 0. The Morgan fingerprint density at radius 2 is 0.905 bits per heavy atom. The van der Waals surface area contributed by atoms with E-state index in [0.29, 0.717) is 0 Å². The summed E-state index contributed by atoms with van der Waals surface area (Å²) in [5.41, 5.74) is 0. The van der Waals surface area contributed by atoms with E-state index < -0.39 is 19.5 Å². The summed E-state index contributed by atoms with van der Waals surface area (Å²) in [6, 6.07) is 3.15. The summed E-state index contributed by atoms with van der Waals surface area (Å²) in [6.45, 7) is 15.1. The number of unbranched alkanes of at least 4 members (excludes halogenated alkanes) is 6. The lowest BCUT2D eigenvalue weighted by molar-refractivity contribution is 0.686. The quantitative estimate of drug-likeness (QED) is 0.153. The van der Waals surface area contributed by atoms with Gasteiger partial charge in [0, 0.05) is 0 Å². The van der Waals surface area contributed by atoms with Crippen molar-refractivity contribution in [1.29, 1.82) is 0 Å². The molecule has 5 heteroatoms. The average molecular weight is 475 g/mol. The zero-order valence-corrected chi connectivity index (χ0v) is 21.5. The van der Waals surface area contributed by atoms with Crippen LogP contribution in [0.3, 0.4) is 0 Å². The van der Waals surface area contributed by atoms with Crippen LogP contribution in [0.1, 0.15) is 65.2 Å². The summed E-state index contributed by atoms with van der Waals surface area (Å²) in [5, 5.41) is 0. The third kappa shape index (κ3) is 7.36. The molecule has 0 nitrogen and oxygen atoms in total. The maximum absolute atomic E-state index is 4.28. The van der Waals surface area contributed by atoms with Crippen molar-refractivity contribution >= 4 is 50.1 Å². The molecule has 0 radical (unpaired) electrons. The predicted octanol–water partition coefficient (Wildman–Crippen LogP) is 7.95. The van der Waals surface area contributed by atoms with Gasteiger partial charge in [-0.2, -0.15) is 0 Å². The van der Waals surface area contributed by atoms with Gasteiger partial charge in [-0.15, -0.1) is 30.6 Å². The molecule has 0 spiro atoms. The Balaban J connectivity index is 4.98. The van der Waals surface area contributed by atoms with Gasteiger partial charge in [-0.1, -0.05) is 103 Å². The first-order valence-corrected chi connectivity index (χ1v) is 23.9. The van der Waals surface area contributed by atoms with E-state index in [9.17, 15) is 0 Å². The van der Waals surface area contributed by atoms with Crippen molar-refractivity contribution < 1.29 is 0 Å². The van der Waals surface area contributed by atoms with Crippen LogP contribution < -0.4 is 0 Å². The molecule has 128 valence electrons. The SMILES string of the molecule is CCCCCC[Si](CCCCCC)([Si](C)(C)Br)[Si](C)(C)Br. The fourth-order valence-corrected chi connectivity index (χ4v) is 76.8. The van der Waals surface area contributed by atoms with Gasteiger partial charge in [-0.3, -0.25) is 0 Å². The van der Waals surface area contributed by atoms with Crippen LogP contribution in [0.4, 0.5) is 0 Å². The molecule has 0 aromatic rings.